The Morgan fingerprint density at radius 1 is 1.53 bits per heavy atom. The summed E-state index contributed by atoms with van der Waals surface area (Å²) in [5.74, 6) is 0.102. The highest BCUT2D eigenvalue weighted by atomic mass is 16.4. The molecule has 0 spiro atoms. The first-order valence-electron chi connectivity index (χ1n) is 7.17. The van der Waals surface area contributed by atoms with Gasteiger partial charge in [0.2, 0.25) is 0 Å². The molecule has 5 heteroatoms. The third-order valence-electron chi connectivity index (χ3n) is 4.82. The van der Waals surface area contributed by atoms with Crippen LogP contribution >= 0.6 is 0 Å². The van der Waals surface area contributed by atoms with E-state index in [2.05, 4.69) is 17.3 Å². The summed E-state index contributed by atoms with van der Waals surface area (Å²) in [6, 6.07) is 2.14. The quantitative estimate of drug-likeness (QED) is 0.844. The van der Waals surface area contributed by atoms with Crippen LogP contribution in [0.5, 0.6) is 0 Å². The van der Waals surface area contributed by atoms with Crippen molar-refractivity contribution in [2.24, 2.45) is 17.8 Å². The van der Waals surface area contributed by atoms with Gasteiger partial charge in [0.25, 0.3) is 0 Å². The Bertz CT molecular complexity index is 471. The molecule has 2 N–H and O–H groups in total. The van der Waals surface area contributed by atoms with Crippen molar-refractivity contribution in [1.29, 1.82) is 0 Å². The Hall–Kier alpha value is -1.36. The van der Waals surface area contributed by atoms with E-state index in [0.717, 1.165) is 25.1 Å². The summed E-state index contributed by atoms with van der Waals surface area (Å²) in [7, 11) is 0. The average molecular weight is 263 g/mol. The van der Waals surface area contributed by atoms with Gasteiger partial charge in [-0.15, -0.1) is 0 Å². The van der Waals surface area contributed by atoms with Crippen LogP contribution in [0, 0.1) is 17.8 Å². The van der Waals surface area contributed by atoms with Gasteiger partial charge in [0, 0.05) is 25.3 Å². The van der Waals surface area contributed by atoms with Gasteiger partial charge in [0.1, 0.15) is 0 Å². The van der Waals surface area contributed by atoms with Gasteiger partial charge in [-0.1, -0.05) is 0 Å². The number of rotatable bonds is 5. The van der Waals surface area contributed by atoms with E-state index < -0.39 is 5.97 Å². The molecule has 3 rings (SSSR count). The normalized spacial score (nSPS) is 32.9. The highest BCUT2D eigenvalue weighted by Crippen LogP contribution is 2.48. The van der Waals surface area contributed by atoms with Crippen LogP contribution in [-0.2, 0) is 17.9 Å². The first-order valence-corrected chi connectivity index (χ1v) is 7.17. The number of hydrogen-bond acceptors (Lipinski definition) is 3. The summed E-state index contributed by atoms with van der Waals surface area (Å²) >= 11 is 0. The molecule has 0 saturated heterocycles. The second-order valence-electron chi connectivity index (χ2n) is 5.74. The largest absolute Gasteiger partial charge is 0.481 e. The molecule has 1 aromatic rings. The average Bonchev–Trinajstić information content (AvgIpc) is 3.10. The smallest absolute Gasteiger partial charge is 0.308 e. The Balaban J connectivity index is 1.67. The number of aryl methyl sites for hydroxylation is 1. The molecule has 2 aliphatic rings. The number of fused-ring (bicyclic) bond motifs is 2. The zero-order valence-electron chi connectivity index (χ0n) is 11.2. The number of nitrogens with one attached hydrogen (secondary N) is 1. The van der Waals surface area contributed by atoms with E-state index in [1.807, 2.05) is 10.7 Å². The van der Waals surface area contributed by atoms with Crippen LogP contribution in [0.25, 0.3) is 0 Å². The molecule has 104 valence electrons. The third-order valence-corrected chi connectivity index (χ3v) is 4.82. The molecule has 0 aromatic carbocycles. The van der Waals surface area contributed by atoms with Gasteiger partial charge < -0.3 is 10.4 Å². The molecule has 2 saturated carbocycles. The maximum Gasteiger partial charge on any atom is 0.308 e. The monoisotopic (exact) mass is 263 g/mol. The molecule has 5 nitrogen and oxygen atoms in total. The molecule has 2 fully saturated rings. The maximum absolute atomic E-state index is 11.4. The molecule has 1 heterocycles. The summed E-state index contributed by atoms with van der Waals surface area (Å²) in [4.78, 5) is 11.4. The molecule has 0 radical (unpaired) electrons. The van der Waals surface area contributed by atoms with E-state index in [1.54, 1.807) is 6.20 Å². The van der Waals surface area contributed by atoms with Crippen LogP contribution in [0.4, 0.5) is 0 Å². The molecule has 4 atom stereocenters. The van der Waals surface area contributed by atoms with E-state index in [1.165, 1.54) is 6.42 Å². The van der Waals surface area contributed by atoms with Crippen molar-refractivity contribution in [2.45, 2.75) is 45.3 Å². The first-order chi connectivity index (χ1) is 9.20. The fraction of sp³-hybridized carbons (Fsp3) is 0.714. The van der Waals surface area contributed by atoms with Crippen LogP contribution < -0.4 is 5.32 Å². The Morgan fingerprint density at radius 3 is 3.05 bits per heavy atom. The summed E-state index contributed by atoms with van der Waals surface area (Å²) in [6.45, 7) is 3.63. The van der Waals surface area contributed by atoms with Gasteiger partial charge in [0.15, 0.2) is 0 Å². The fourth-order valence-electron chi connectivity index (χ4n) is 3.96. The fourth-order valence-corrected chi connectivity index (χ4v) is 3.96. The van der Waals surface area contributed by atoms with E-state index in [-0.39, 0.29) is 12.0 Å². The van der Waals surface area contributed by atoms with E-state index >= 15 is 0 Å². The van der Waals surface area contributed by atoms with Crippen molar-refractivity contribution < 1.29 is 9.90 Å². The number of aliphatic carboxylic acids is 1. The van der Waals surface area contributed by atoms with Gasteiger partial charge >= 0.3 is 5.97 Å². The highest BCUT2D eigenvalue weighted by molar-refractivity contribution is 5.72. The topological polar surface area (TPSA) is 67.2 Å². The summed E-state index contributed by atoms with van der Waals surface area (Å²) < 4.78 is 1.95. The van der Waals surface area contributed by atoms with Crippen LogP contribution in [0.2, 0.25) is 0 Å². The minimum Gasteiger partial charge on any atom is -0.481 e. The second kappa shape index (κ2) is 4.96. The van der Waals surface area contributed by atoms with Crippen LogP contribution in [-0.4, -0.2) is 26.9 Å². The number of carboxylic acid groups (broad SMARTS) is 1. The standard InChI is InChI=1S/C14H21N3O2/c1-2-17-11(5-6-16-17)8-15-13-10-4-3-9(7-10)12(13)14(18)19/h5-6,9-10,12-13,15H,2-4,7-8H2,1H3,(H,18,19). The van der Waals surface area contributed by atoms with Crippen molar-refractivity contribution >= 4 is 5.97 Å². The van der Waals surface area contributed by atoms with E-state index in [4.69, 9.17) is 0 Å². The van der Waals surface area contributed by atoms with Crippen molar-refractivity contribution in [2.75, 3.05) is 0 Å². The van der Waals surface area contributed by atoms with Crippen molar-refractivity contribution in [3.63, 3.8) is 0 Å². The lowest BCUT2D eigenvalue weighted by atomic mass is 9.84. The predicted octanol–water partition coefficient (Wildman–Crippen LogP) is 1.49. The molecule has 4 unspecified atom stereocenters. The SMILES string of the molecule is CCn1nccc1CNC1C2CCC(C2)C1C(=O)O. The van der Waals surface area contributed by atoms with Crippen molar-refractivity contribution in [3.05, 3.63) is 18.0 Å². The molecule has 2 aliphatic carbocycles. The Labute approximate surface area is 113 Å². The van der Waals surface area contributed by atoms with Crippen molar-refractivity contribution in [3.8, 4) is 0 Å². The number of nitrogens with zero attached hydrogens (tertiary/aromatic N) is 2. The third kappa shape index (κ3) is 2.16. The predicted molar refractivity (Wildman–Crippen MR) is 70.5 cm³/mol. The number of carboxylic acids is 1. The lowest BCUT2D eigenvalue weighted by Crippen LogP contribution is -2.44. The number of carbonyl (C=O) groups is 1. The highest BCUT2D eigenvalue weighted by Gasteiger charge is 2.50. The maximum atomic E-state index is 11.4. The van der Waals surface area contributed by atoms with Gasteiger partial charge in [0.05, 0.1) is 11.6 Å². The molecule has 1 aromatic heterocycles. The number of hydrogen-bond donors (Lipinski definition) is 2. The van der Waals surface area contributed by atoms with Gasteiger partial charge in [-0.05, 0) is 44.1 Å². The van der Waals surface area contributed by atoms with Crippen LogP contribution in [0.15, 0.2) is 12.3 Å². The van der Waals surface area contributed by atoms with Crippen LogP contribution in [0.1, 0.15) is 31.9 Å². The Morgan fingerprint density at radius 2 is 2.32 bits per heavy atom. The van der Waals surface area contributed by atoms with Gasteiger partial charge in [-0.2, -0.15) is 5.10 Å². The summed E-state index contributed by atoms with van der Waals surface area (Å²) in [5, 5.41) is 17.1. The van der Waals surface area contributed by atoms with Gasteiger partial charge in [-0.25, -0.2) is 0 Å². The zero-order chi connectivity index (χ0) is 13.4. The molecule has 0 amide bonds. The van der Waals surface area contributed by atoms with Gasteiger partial charge in [-0.3, -0.25) is 9.48 Å². The lowest BCUT2D eigenvalue weighted by molar-refractivity contribution is -0.144. The second-order valence-corrected chi connectivity index (χ2v) is 5.74. The van der Waals surface area contributed by atoms with Crippen molar-refractivity contribution in [1.82, 2.24) is 15.1 Å². The van der Waals surface area contributed by atoms with Crippen LogP contribution in [0.3, 0.4) is 0 Å². The molecule has 0 aliphatic heterocycles. The summed E-state index contributed by atoms with van der Waals surface area (Å²) in [5.41, 5.74) is 1.13. The molecule has 2 bridgehead atoms. The minimum absolute atomic E-state index is 0.136. The zero-order valence-corrected chi connectivity index (χ0v) is 11.2. The lowest BCUT2D eigenvalue weighted by Gasteiger charge is -2.29. The van der Waals surface area contributed by atoms with E-state index in [0.29, 0.717) is 18.4 Å². The molecular formula is C14H21N3O2. The molecule has 19 heavy (non-hydrogen) atoms. The van der Waals surface area contributed by atoms with E-state index in [9.17, 15) is 9.90 Å². The first kappa shape index (κ1) is 12.7. The number of aromatic nitrogens is 2. The molecular weight excluding hydrogens is 242 g/mol. The summed E-state index contributed by atoms with van der Waals surface area (Å²) in [6.07, 6.45) is 5.16. The minimum atomic E-state index is -0.631. The Kier molecular flexibility index (Phi) is 3.31.